The molecule has 19 heavy (non-hydrogen) atoms. The van der Waals surface area contributed by atoms with Gasteiger partial charge in [0.05, 0.1) is 17.8 Å². The third-order valence-electron chi connectivity index (χ3n) is 2.40. The van der Waals surface area contributed by atoms with Gasteiger partial charge in [-0.3, -0.25) is 4.79 Å². The number of carbonyl (C=O) groups excluding carboxylic acids is 1. The van der Waals surface area contributed by atoms with E-state index in [0.29, 0.717) is 17.5 Å². The largest absolute Gasteiger partial charge is 0.347 e. The summed E-state index contributed by atoms with van der Waals surface area (Å²) in [5.41, 5.74) is 0.204. The fourth-order valence-corrected chi connectivity index (χ4v) is 1.97. The van der Waals surface area contributed by atoms with Crippen molar-refractivity contribution >= 4 is 29.3 Å². The summed E-state index contributed by atoms with van der Waals surface area (Å²) < 4.78 is 0. The van der Waals surface area contributed by atoms with E-state index in [-0.39, 0.29) is 16.6 Å². The number of imidazole rings is 1. The molecule has 0 aliphatic heterocycles. The van der Waals surface area contributed by atoms with Gasteiger partial charge in [0, 0.05) is 19.4 Å². The number of hydrogen-bond acceptors (Lipinski definition) is 5. The molecule has 100 valence electrons. The zero-order chi connectivity index (χ0) is 13.8. The summed E-state index contributed by atoms with van der Waals surface area (Å²) in [4.78, 5) is 28.9. The van der Waals surface area contributed by atoms with Crippen molar-refractivity contribution in [1.82, 2.24) is 24.8 Å². The zero-order valence-electron chi connectivity index (χ0n) is 10.4. The summed E-state index contributed by atoms with van der Waals surface area (Å²) in [5.74, 6) is 0.435. The quantitative estimate of drug-likeness (QED) is 0.688. The normalized spacial score (nSPS) is 10.5. The van der Waals surface area contributed by atoms with Gasteiger partial charge in [-0.15, -0.1) is 0 Å². The Morgan fingerprint density at radius 2 is 2.32 bits per heavy atom. The van der Waals surface area contributed by atoms with E-state index in [2.05, 4.69) is 19.9 Å². The summed E-state index contributed by atoms with van der Waals surface area (Å²) in [6.07, 6.45) is 6.62. The molecule has 0 fully saturated rings. The van der Waals surface area contributed by atoms with Crippen molar-refractivity contribution in [2.24, 2.45) is 0 Å². The van der Waals surface area contributed by atoms with Crippen molar-refractivity contribution in [1.29, 1.82) is 0 Å². The fraction of sp³-hybridized carbons (Fsp3) is 0.273. The molecule has 0 aromatic carbocycles. The average molecular weight is 298 g/mol. The molecule has 0 unspecified atom stereocenters. The molecule has 0 saturated heterocycles. The predicted octanol–water partition coefficient (Wildman–Crippen LogP) is 1.85. The van der Waals surface area contributed by atoms with E-state index in [4.69, 9.17) is 11.6 Å². The highest BCUT2D eigenvalue weighted by Crippen LogP contribution is 2.18. The van der Waals surface area contributed by atoms with E-state index < -0.39 is 0 Å². The molecule has 1 amide bonds. The van der Waals surface area contributed by atoms with Crippen molar-refractivity contribution in [3.63, 3.8) is 0 Å². The third kappa shape index (κ3) is 3.24. The number of halogens is 1. The van der Waals surface area contributed by atoms with Gasteiger partial charge in [-0.1, -0.05) is 23.4 Å². The maximum absolute atomic E-state index is 12.3. The van der Waals surface area contributed by atoms with E-state index in [9.17, 15) is 4.79 Å². The standard InChI is InChI=1S/C11H12ClN5OS/c1-17(6-8-13-3-4-14-8)10(18)9-7(12)5-15-11(16-9)19-2/h3-5H,6H2,1-2H3,(H,13,14). The molecule has 0 aliphatic rings. The Morgan fingerprint density at radius 3 is 2.95 bits per heavy atom. The van der Waals surface area contributed by atoms with Crippen LogP contribution in [0.1, 0.15) is 16.3 Å². The molecule has 0 saturated carbocycles. The second-order valence-electron chi connectivity index (χ2n) is 3.75. The van der Waals surface area contributed by atoms with Gasteiger partial charge < -0.3 is 9.88 Å². The van der Waals surface area contributed by atoms with Crippen LogP contribution in [-0.4, -0.2) is 44.0 Å². The molecule has 2 heterocycles. The number of rotatable bonds is 4. The third-order valence-corrected chi connectivity index (χ3v) is 3.23. The van der Waals surface area contributed by atoms with E-state index in [1.165, 1.54) is 22.9 Å². The number of carbonyl (C=O) groups is 1. The number of aromatic amines is 1. The first-order valence-corrected chi connectivity index (χ1v) is 7.02. The maximum atomic E-state index is 12.3. The molecule has 0 radical (unpaired) electrons. The molecule has 2 rings (SSSR count). The molecule has 0 aliphatic carbocycles. The summed E-state index contributed by atoms with van der Waals surface area (Å²) in [7, 11) is 1.67. The van der Waals surface area contributed by atoms with Crippen molar-refractivity contribution in [3.8, 4) is 0 Å². The lowest BCUT2D eigenvalue weighted by Crippen LogP contribution is -2.28. The SMILES string of the molecule is CSc1ncc(Cl)c(C(=O)N(C)Cc2ncc[nH]2)n1. The monoisotopic (exact) mass is 297 g/mol. The number of thioether (sulfide) groups is 1. The molecule has 6 nitrogen and oxygen atoms in total. The van der Waals surface area contributed by atoms with Crippen LogP contribution < -0.4 is 0 Å². The van der Waals surface area contributed by atoms with E-state index in [1.807, 2.05) is 6.26 Å². The van der Waals surface area contributed by atoms with Crippen molar-refractivity contribution < 1.29 is 4.79 Å². The number of nitrogens with one attached hydrogen (secondary N) is 1. The van der Waals surface area contributed by atoms with Gasteiger partial charge in [0.15, 0.2) is 10.9 Å². The molecule has 0 spiro atoms. The minimum absolute atomic E-state index is 0.204. The first-order valence-electron chi connectivity index (χ1n) is 5.42. The lowest BCUT2D eigenvalue weighted by molar-refractivity contribution is 0.0775. The first kappa shape index (κ1) is 13.8. The van der Waals surface area contributed by atoms with Crippen LogP contribution in [-0.2, 0) is 6.54 Å². The van der Waals surface area contributed by atoms with Crippen LogP contribution in [0.3, 0.4) is 0 Å². The van der Waals surface area contributed by atoms with Gasteiger partial charge >= 0.3 is 0 Å². The Kier molecular flexibility index (Phi) is 4.39. The number of H-pyrrole nitrogens is 1. The highest BCUT2D eigenvalue weighted by Gasteiger charge is 2.18. The van der Waals surface area contributed by atoms with Crippen LogP contribution in [0.25, 0.3) is 0 Å². The summed E-state index contributed by atoms with van der Waals surface area (Å²) in [5, 5.41) is 0.758. The lowest BCUT2D eigenvalue weighted by Gasteiger charge is -2.16. The van der Waals surface area contributed by atoms with Gasteiger partial charge in [0.2, 0.25) is 0 Å². The van der Waals surface area contributed by atoms with Gasteiger partial charge in [-0.05, 0) is 6.26 Å². The van der Waals surface area contributed by atoms with Crippen molar-refractivity contribution in [2.75, 3.05) is 13.3 Å². The molecule has 0 atom stereocenters. The van der Waals surface area contributed by atoms with Crippen LogP contribution in [0.4, 0.5) is 0 Å². The minimum Gasteiger partial charge on any atom is -0.347 e. The molecule has 2 aromatic heterocycles. The molecule has 2 aromatic rings. The second-order valence-corrected chi connectivity index (χ2v) is 4.93. The highest BCUT2D eigenvalue weighted by atomic mass is 35.5. The van der Waals surface area contributed by atoms with E-state index >= 15 is 0 Å². The smallest absolute Gasteiger partial charge is 0.274 e. The first-order chi connectivity index (χ1) is 9.11. The van der Waals surface area contributed by atoms with Crippen LogP contribution in [0.2, 0.25) is 5.02 Å². The number of nitrogens with zero attached hydrogens (tertiary/aromatic N) is 4. The fourth-order valence-electron chi connectivity index (χ4n) is 1.46. The zero-order valence-corrected chi connectivity index (χ0v) is 12.0. The predicted molar refractivity (Wildman–Crippen MR) is 73.2 cm³/mol. The molecule has 1 N–H and O–H groups in total. The molecule has 8 heteroatoms. The van der Waals surface area contributed by atoms with Gasteiger partial charge in [0.25, 0.3) is 5.91 Å². The summed E-state index contributed by atoms with van der Waals surface area (Å²) in [6, 6.07) is 0. The highest BCUT2D eigenvalue weighted by molar-refractivity contribution is 7.98. The Morgan fingerprint density at radius 1 is 1.53 bits per heavy atom. The van der Waals surface area contributed by atoms with Crippen LogP contribution >= 0.6 is 23.4 Å². The number of aromatic nitrogens is 4. The molecule has 0 bridgehead atoms. The Balaban J connectivity index is 2.18. The van der Waals surface area contributed by atoms with Crippen molar-refractivity contribution in [3.05, 3.63) is 35.1 Å². The Labute approximate surface area is 119 Å². The maximum Gasteiger partial charge on any atom is 0.274 e. The van der Waals surface area contributed by atoms with Gasteiger partial charge in [0.1, 0.15) is 5.82 Å². The number of amides is 1. The Hall–Kier alpha value is -1.60. The topological polar surface area (TPSA) is 74.8 Å². The van der Waals surface area contributed by atoms with Crippen molar-refractivity contribution in [2.45, 2.75) is 11.7 Å². The summed E-state index contributed by atoms with van der Waals surface area (Å²) >= 11 is 7.32. The van der Waals surface area contributed by atoms with Crippen LogP contribution in [0, 0.1) is 0 Å². The lowest BCUT2D eigenvalue weighted by atomic mass is 10.3. The minimum atomic E-state index is -0.265. The molecular weight excluding hydrogens is 286 g/mol. The van der Waals surface area contributed by atoms with Gasteiger partial charge in [-0.2, -0.15) is 0 Å². The van der Waals surface area contributed by atoms with Crippen LogP contribution in [0.15, 0.2) is 23.7 Å². The van der Waals surface area contributed by atoms with Gasteiger partial charge in [-0.25, -0.2) is 15.0 Å². The molecular formula is C11H12ClN5OS. The van der Waals surface area contributed by atoms with E-state index in [0.717, 1.165) is 0 Å². The average Bonchev–Trinajstić information content (AvgIpc) is 2.91. The van der Waals surface area contributed by atoms with Crippen LogP contribution in [0.5, 0.6) is 0 Å². The number of hydrogen-bond donors (Lipinski definition) is 1. The second kappa shape index (κ2) is 6.03. The van der Waals surface area contributed by atoms with E-state index in [1.54, 1.807) is 19.4 Å². The Bertz CT molecular complexity index is 574. The summed E-state index contributed by atoms with van der Waals surface area (Å²) in [6.45, 7) is 0.362.